The van der Waals surface area contributed by atoms with Crippen LogP contribution in [0.1, 0.15) is 26.7 Å². The third-order valence-corrected chi connectivity index (χ3v) is 6.60. The van der Waals surface area contributed by atoms with Crippen LogP contribution in [0.3, 0.4) is 0 Å². The number of benzene rings is 1. The van der Waals surface area contributed by atoms with Gasteiger partial charge in [-0.15, -0.1) is 10.2 Å². The standard InChI is InChI=1S/C16H17BrN6O4S2/c1-16(2,3)13(24)20-14-21-22-15(28-14)29(25,26)18-8-11-19-12(23-27-11)9-5-4-6-10(17)7-9/h4-7,18H,8H2,1-3H3,(H,20,21,24). The van der Waals surface area contributed by atoms with E-state index < -0.39 is 15.4 Å². The Kier molecular flexibility index (Phi) is 6.12. The smallest absolute Gasteiger partial charge is 0.270 e. The van der Waals surface area contributed by atoms with Crippen LogP contribution in [0.15, 0.2) is 37.6 Å². The van der Waals surface area contributed by atoms with Gasteiger partial charge in [-0.3, -0.25) is 4.79 Å². The molecule has 2 aromatic heterocycles. The molecule has 3 aromatic rings. The van der Waals surface area contributed by atoms with Crippen LogP contribution in [0.4, 0.5) is 5.13 Å². The number of aromatic nitrogens is 4. The van der Waals surface area contributed by atoms with Crippen molar-refractivity contribution in [2.24, 2.45) is 5.41 Å². The minimum Gasteiger partial charge on any atom is -0.338 e. The predicted molar refractivity (Wildman–Crippen MR) is 109 cm³/mol. The molecular formula is C16H17BrN6O4S2. The molecule has 0 unspecified atom stereocenters. The van der Waals surface area contributed by atoms with Crippen LogP contribution < -0.4 is 10.0 Å². The van der Waals surface area contributed by atoms with E-state index in [-0.39, 0.29) is 27.8 Å². The highest BCUT2D eigenvalue weighted by molar-refractivity contribution is 9.10. The van der Waals surface area contributed by atoms with E-state index in [1.54, 1.807) is 26.8 Å². The second-order valence-corrected chi connectivity index (χ2v) is 10.8. The maximum Gasteiger partial charge on any atom is 0.270 e. The van der Waals surface area contributed by atoms with Gasteiger partial charge in [0.2, 0.25) is 27.1 Å². The van der Waals surface area contributed by atoms with Crippen molar-refractivity contribution in [1.29, 1.82) is 0 Å². The quantitative estimate of drug-likeness (QED) is 0.492. The van der Waals surface area contributed by atoms with Crippen LogP contribution in [0.5, 0.6) is 0 Å². The van der Waals surface area contributed by atoms with Gasteiger partial charge in [-0.2, -0.15) is 9.71 Å². The molecule has 10 nitrogen and oxygen atoms in total. The van der Waals surface area contributed by atoms with Crippen LogP contribution in [-0.2, 0) is 21.4 Å². The third kappa shape index (κ3) is 5.44. The number of hydrogen-bond acceptors (Lipinski definition) is 9. The first kappa shape index (κ1) is 21.5. The van der Waals surface area contributed by atoms with Gasteiger partial charge >= 0.3 is 0 Å². The van der Waals surface area contributed by atoms with E-state index in [1.165, 1.54) is 0 Å². The number of halogens is 1. The minimum absolute atomic E-state index is 0.0920. The number of nitrogens with one attached hydrogen (secondary N) is 2. The highest BCUT2D eigenvalue weighted by Gasteiger charge is 2.25. The number of nitrogens with zero attached hydrogens (tertiary/aromatic N) is 4. The highest BCUT2D eigenvalue weighted by atomic mass is 79.9. The maximum atomic E-state index is 12.4. The Morgan fingerprint density at radius 1 is 1.28 bits per heavy atom. The van der Waals surface area contributed by atoms with E-state index in [2.05, 4.69) is 46.3 Å². The summed E-state index contributed by atoms with van der Waals surface area (Å²) in [5.41, 5.74) is 0.0769. The van der Waals surface area contributed by atoms with Crippen LogP contribution in [-0.4, -0.2) is 34.7 Å². The number of anilines is 1. The molecule has 29 heavy (non-hydrogen) atoms. The summed E-state index contributed by atoms with van der Waals surface area (Å²) in [6, 6.07) is 7.30. The molecule has 0 atom stereocenters. The summed E-state index contributed by atoms with van der Waals surface area (Å²) in [5.74, 6) is 0.134. The van der Waals surface area contributed by atoms with E-state index in [0.29, 0.717) is 5.82 Å². The minimum atomic E-state index is -3.96. The van der Waals surface area contributed by atoms with Crippen molar-refractivity contribution in [2.75, 3.05) is 5.32 Å². The summed E-state index contributed by atoms with van der Waals surface area (Å²) >= 11 is 4.11. The number of amides is 1. The fraction of sp³-hybridized carbons (Fsp3) is 0.312. The van der Waals surface area contributed by atoms with Crippen LogP contribution in [0, 0.1) is 5.41 Å². The van der Waals surface area contributed by atoms with Gasteiger partial charge in [0.15, 0.2) is 0 Å². The highest BCUT2D eigenvalue weighted by Crippen LogP contribution is 2.23. The van der Waals surface area contributed by atoms with Crippen molar-refractivity contribution in [3.63, 3.8) is 0 Å². The third-order valence-electron chi connectivity index (χ3n) is 3.50. The van der Waals surface area contributed by atoms with Crippen LogP contribution in [0.25, 0.3) is 11.4 Å². The van der Waals surface area contributed by atoms with Crippen molar-refractivity contribution in [1.82, 2.24) is 25.1 Å². The lowest BCUT2D eigenvalue weighted by molar-refractivity contribution is -0.123. The fourth-order valence-electron chi connectivity index (χ4n) is 1.94. The van der Waals surface area contributed by atoms with E-state index >= 15 is 0 Å². The molecule has 1 aromatic carbocycles. The van der Waals surface area contributed by atoms with Gasteiger partial charge in [0.05, 0.1) is 6.54 Å². The Bertz CT molecular complexity index is 1140. The van der Waals surface area contributed by atoms with Crippen molar-refractivity contribution in [3.05, 3.63) is 34.6 Å². The van der Waals surface area contributed by atoms with Gasteiger partial charge in [-0.25, -0.2) is 8.42 Å². The van der Waals surface area contributed by atoms with Crippen molar-refractivity contribution < 1.29 is 17.7 Å². The van der Waals surface area contributed by atoms with Crippen LogP contribution >= 0.6 is 27.3 Å². The van der Waals surface area contributed by atoms with Gasteiger partial charge in [-0.05, 0) is 12.1 Å². The lowest BCUT2D eigenvalue weighted by atomic mass is 9.96. The average molecular weight is 501 g/mol. The maximum absolute atomic E-state index is 12.4. The molecule has 0 saturated heterocycles. The van der Waals surface area contributed by atoms with E-state index in [4.69, 9.17) is 4.52 Å². The second kappa shape index (κ2) is 8.26. The Morgan fingerprint density at radius 2 is 2.03 bits per heavy atom. The van der Waals surface area contributed by atoms with Gasteiger partial charge in [-0.1, -0.05) is 65.3 Å². The van der Waals surface area contributed by atoms with E-state index in [0.717, 1.165) is 21.4 Å². The van der Waals surface area contributed by atoms with E-state index in [1.807, 2.05) is 18.2 Å². The Morgan fingerprint density at radius 3 is 2.72 bits per heavy atom. The number of carbonyl (C=O) groups is 1. The average Bonchev–Trinajstić information content (AvgIpc) is 3.29. The number of sulfonamides is 1. The summed E-state index contributed by atoms with van der Waals surface area (Å²) in [6.07, 6.45) is 0. The molecule has 154 valence electrons. The molecule has 3 rings (SSSR count). The summed E-state index contributed by atoms with van der Waals surface area (Å²) in [5, 5.41) is 13.8. The molecule has 0 aliphatic rings. The lowest BCUT2D eigenvalue weighted by Gasteiger charge is -2.15. The Labute approximate surface area is 179 Å². The molecule has 0 fully saturated rings. The van der Waals surface area contributed by atoms with Crippen molar-refractivity contribution in [2.45, 2.75) is 31.7 Å². The molecule has 0 bridgehead atoms. The molecule has 0 saturated carbocycles. The summed E-state index contributed by atoms with van der Waals surface area (Å²) in [7, 11) is -3.96. The van der Waals surface area contributed by atoms with Gasteiger partial charge < -0.3 is 9.84 Å². The molecule has 0 aliphatic carbocycles. The molecule has 13 heteroatoms. The first-order chi connectivity index (χ1) is 13.5. The predicted octanol–water partition coefficient (Wildman–Crippen LogP) is 2.81. The molecular weight excluding hydrogens is 484 g/mol. The first-order valence-corrected chi connectivity index (χ1v) is 11.4. The molecule has 0 aliphatic heterocycles. The van der Waals surface area contributed by atoms with Gasteiger partial charge in [0.25, 0.3) is 10.0 Å². The van der Waals surface area contributed by atoms with Crippen LogP contribution in [0.2, 0.25) is 0 Å². The molecule has 0 radical (unpaired) electrons. The fourth-order valence-corrected chi connectivity index (χ4v) is 4.25. The Hall–Kier alpha value is -2.22. The molecule has 0 spiro atoms. The van der Waals surface area contributed by atoms with Crippen molar-refractivity contribution in [3.8, 4) is 11.4 Å². The zero-order valence-electron chi connectivity index (χ0n) is 15.6. The zero-order chi connectivity index (χ0) is 21.2. The Balaban J connectivity index is 1.66. The molecule has 1 amide bonds. The summed E-state index contributed by atoms with van der Waals surface area (Å²) < 4.78 is 32.8. The second-order valence-electron chi connectivity index (χ2n) is 6.92. The molecule has 2 N–H and O–H groups in total. The number of carbonyl (C=O) groups excluding carboxylic acids is 1. The van der Waals surface area contributed by atoms with Crippen molar-refractivity contribution >= 4 is 48.3 Å². The summed E-state index contributed by atoms with van der Waals surface area (Å²) in [4.78, 5) is 16.2. The monoisotopic (exact) mass is 500 g/mol. The first-order valence-electron chi connectivity index (χ1n) is 8.28. The topological polar surface area (TPSA) is 140 Å². The zero-order valence-corrected chi connectivity index (χ0v) is 18.9. The SMILES string of the molecule is CC(C)(C)C(=O)Nc1nnc(S(=O)(=O)NCc2nc(-c3cccc(Br)c3)no2)s1. The normalized spacial score (nSPS) is 12.1. The number of hydrogen-bond donors (Lipinski definition) is 2. The summed E-state index contributed by atoms with van der Waals surface area (Å²) in [6.45, 7) is 4.98. The van der Waals surface area contributed by atoms with Gasteiger partial charge in [0, 0.05) is 15.5 Å². The van der Waals surface area contributed by atoms with E-state index in [9.17, 15) is 13.2 Å². The lowest BCUT2D eigenvalue weighted by Crippen LogP contribution is -2.27. The largest absolute Gasteiger partial charge is 0.338 e. The van der Waals surface area contributed by atoms with Gasteiger partial charge in [0.1, 0.15) is 0 Å². The number of rotatable bonds is 6. The molecule has 2 heterocycles.